The molecule has 3 unspecified atom stereocenters. The molecule has 1 heterocycles. The molecule has 3 atom stereocenters. The summed E-state index contributed by atoms with van der Waals surface area (Å²) in [5.74, 6) is 0. The Bertz CT molecular complexity index is 360. The van der Waals surface area contributed by atoms with Crippen LogP contribution in [0.25, 0.3) is 0 Å². The quantitative estimate of drug-likeness (QED) is 0.805. The molecule has 114 valence electrons. The maximum absolute atomic E-state index is 9.50. The van der Waals surface area contributed by atoms with E-state index < -0.39 is 0 Å². The fourth-order valence-corrected chi connectivity index (χ4v) is 3.43. The first-order chi connectivity index (χ1) is 9.47. The molecule has 1 saturated heterocycles. The van der Waals surface area contributed by atoms with E-state index >= 15 is 0 Å². The topological polar surface area (TPSA) is 42.3 Å². The van der Waals surface area contributed by atoms with E-state index in [2.05, 4.69) is 48.9 Å². The lowest BCUT2D eigenvalue weighted by Gasteiger charge is -2.43. The lowest BCUT2D eigenvalue weighted by Crippen LogP contribution is -2.56. The normalized spacial score (nSPS) is 29.6. The Hall–Kier alpha value is -0.630. The Morgan fingerprint density at radius 3 is 2.60 bits per heavy atom. The van der Waals surface area contributed by atoms with Crippen LogP contribution in [0.1, 0.15) is 47.0 Å². The molecule has 0 aromatic rings. The zero-order chi connectivity index (χ0) is 14.8. The van der Waals surface area contributed by atoms with Crippen LogP contribution in [0.15, 0.2) is 0 Å². The molecule has 1 saturated carbocycles. The number of hydrogen-bond acceptors (Lipinski definition) is 4. The molecular formula is C16H30N4. The number of nitriles is 1. The summed E-state index contributed by atoms with van der Waals surface area (Å²) >= 11 is 0. The molecule has 1 N–H and O–H groups in total. The van der Waals surface area contributed by atoms with Gasteiger partial charge in [-0.2, -0.15) is 5.26 Å². The second-order valence-electron chi connectivity index (χ2n) is 6.89. The Morgan fingerprint density at radius 2 is 2.10 bits per heavy atom. The van der Waals surface area contributed by atoms with Gasteiger partial charge in [0.05, 0.1) is 6.07 Å². The zero-order valence-corrected chi connectivity index (χ0v) is 13.5. The highest BCUT2D eigenvalue weighted by Gasteiger charge is 2.35. The van der Waals surface area contributed by atoms with Crippen LogP contribution in [-0.2, 0) is 0 Å². The molecule has 2 rings (SSSR count). The molecule has 20 heavy (non-hydrogen) atoms. The van der Waals surface area contributed by atoms with Gasteiger partial charge in [-0.05, 0) is 46.6 Å². The molecule has 0 radical (unpaired) electrons. The fourth-order valence-electron chi connectivity index (χ4n) is 3.43. The lowest BCUT2D eigenvalue weighted by molar-refractivity contribution is 0.0555. The first-order valence-corrected chi connectivity index (χ1v) is 8.14. The Morgan fingerprint density at radius 1 is 1.40 bits per heavy atom. The van der Waals surface area contributed by atoms with E-state index in [4.69, 9.17) is 0 Å². The van der Waals surface area contributed by atoms with Crippen LogP contribution >= 0.6 is 0 Å². The summed E-state index contributed by atoms with van der Waals surface area (Å²) in [5, 5.41) is 13.0. The third kappa shape index (κ3) is 3.94. The molecule has 0 aromatic heterocycles. The molecule has 2 aliphatic rings. The van der Waals surface area contributed by atoms with E-state index in [-0.39, 0.29) is 5.54 Å². The molecule has 1 aliphatic carbocycles. The smallest absolute Gasteiger partial charge is 0.105 e. The van der Waals surface area contributed by atoms with Gasteiger partial charge in [0.25, 0.3) is 0 Å². The Balaban J connectivity index is 1.87. The van der Waals surface area contributed by atoms with E-state index in [0.29, 0.717) is 18.1 Å². The van der Waals surface area contributed by atoms with Crippen LogP contribution in [0, 0.1) is 11.3 Å². The highest BCUT2D eigenvalue weighted by atomic mass is 15.3. The van der Waals surface area contributed by atoms with Gasteiger partial charge in [0.2, 0.25) is 0 Å². The van der Waals surface area contributed by atoms with Crippen molar-refractivity contribution in [2.75, 3.05) is 26.2 Å². The zero-order valence-electron chi connectivity index (χ0n) is 13.5. The van der Waals surface area contributed by atoms with E-state index in [0.717, 1.165) is 32.6 Å². The van der Waals surface area contributed by atoms with Crippen LogP contribution < -0.4 is 5.32 Å². The molecule has 1 aliphatic heterocycles. The SMILES string of the molecule is CCN1CCN(C(C)CC(C)(C#N)NC2CC2)CC1C. The van der Waals surface area contributed by atoms with E-state index in [9.17, 15) is 5.26 Å². The summed E-state index contributed by atoms with van der Waals surface area (Å²) < 4.78 is 0. The summed E-state index contributed by atoms with van der Waals surface area (Å²) in [6, 6.07) is 4.18. The molecule has 0 spiro atoms. The van der Waals surface area contributed by atoms with E-state index in [1.54, 1.807) is 0 Å². The van der Waals surface area contributed by atoms with Gasteiger partial charge in [-0.3, -0.25) is 15.1 Å². The minimum absolute atomic E-state index is 0.369. The van der Waals surface area contributed by atoms with Crippen molar-refractivity contribution in [2.24, 2.45) is 0 Å². The van der Waals surface area contributed by atoms with Gasteiger partial charge in [-0.25, -0.2) is 0 Å². The summed E-state index contributed by atoms with van der Waals surface area (Å²) in [7, 11) is 0. The molecule has 4 nitrogen and oxygen atoms in total. The molecule has 4 heteroatoms. The van der Waals surface area contributed by atoms with Crippen molar-refractivity contribution >= 4 is 0 Å². The number of piperazine rings is 1. The van der Waals surface area contributed by atoms with Crippen molar-refractivity contribution in [3.63, 3.8) is 0 Å². The second-order valence-corrected chi connectivity index (χ2v) is 6.89. The molecule has 0 aromatic carbocycles. The number of rotatable bonds is 6. The third-order valence-corrected chi connectivity index (χ3v) is 4.88. The maximum atomic E-state index is 9.50. The number of nitrogens with zero attached hydrogens (tertiary/aromatic N) is 3. The first kappa shape index (κ1) is 15.8. The second kappa shape index (κ2) is 6.43. The van der Waals surface area contributed by atoms with Gasteiger partial charge in [0, 0.05) is 37.8 Å². The van der Waals surface area contributed by atoms with Crippen molar-refractivity contribution in [3.05, 3.63) is 0 Å². The Labute approximate surface area is 124 Å². The number of likely N-dealkylation sites (N-methyl/N-ethyl adjacent to an activating group) is 1. The van der Waals surface area contributed by atoms with Crippen LogP contribution in [0.4, 0.5) is 0 Å². The molecule has 2 fully saturated rings. The average molecular weight is 278 g/mol. The average Bonchev–Trinajstić information content (AvgIpc) is 3.22. The fraction of sp³-hybridized carbons (Fsp3) is 0.938. The summed E-state index contributed by atoms with van der Waals surface area (Å²) in [4.78, 5) is 5.09. The van der Waals surface area contributed by atoms with Crippen LogP contribution in [0.3, 0.4) is 0 Å². The first-order valence-electron chi connectivity index (χ1n) is 8.14. The summed E-state index contributed by atoms with van der Waals surface area (Å²) in [5.41, 5.74) is -0.369. The van der Waals surface area contributed by atoms with Gasteiger partial charge in [-0.15, -0.1) is 0 Å². The number of nitrogens with one attached hydrogen (secondary N) is 1. The predicted molar refractivity (Wildman–Crippen MR) is 82.5 cm³/mol. The van der Waals surface area contributed by atoms with E-state index in [1.165, 1.54) is 12.8 Å². The minimum atomic E-state index is -0.369. The van der Waals surface area contributed by atoms with Gasteiger partial charge in [0.1, 0.15) is 5.54 Å². The van der Waals surface area contributed by atoms with Crippen molar-refractivity contribution in [1.29, 1.82) is 5.26 Å². The number of hydrogen-bond donors (Lipinski definition) is 1. The van der Waals surface area contributed by atoms with E-state index in [1.807, 2.05) is 0 Å². The van der Waals surface area contributed by atoms with Gasteiger partial charge < -0.3 is 0 Å². The minimum Gasteiger partial charge on any atom is -0.298 e. The molecule has 0 bridgehead atoms. The maximum Gasteiger partial charge on any atom is 0.105 e. The monoisotopic (exact) mass is 278 g/mol. The highest BCUT2D eigenvalue weighted by molar-refractivity contribution is 5.08. The predicted octanol–water partition coefficient (Wildman–Crippen LogP) is 1.83. The van der Waals surface area contributed by atoms with Gasteiger partial charge >= 0.3 is 0 Å². The van der Waals surface area contributed by atoms with Crippen molar-refractivity contribution in [3.8, 4) is 6.07 Å². The van der Waals surface area contributed by atoms with Crippen LogP contribution in [-0.4, -0.2) is 59.6 Å². The Kier molecular flexibility index (Phi) is 5.06. The van der Waals surface area contributed by atoms with Crippen molar-refractivity contribution in [2.45, 2.75) is 70.6 Å². The van der Waals surface area contributed by atoms with Crippen molar-refractivity contribution in [1.82, 2.24) is 15.1 Å². The largest absolute Gasteiger partial charge is 0.298 e. The third-order valence-electron chi connectivity index (χ3n) is 4.88. The molecule has 0 amide bonds. The highest BCUT2D eigenvalue weighted by Crippen LogP contribution is 2.26. The summed E-state index contributed by atoms with van der Waals surface area (Å²) in [6.07, 6.45) is 3.38. The van der Waals surface area contributed by atoms with Gasteiger partial charge in [-0.1, -0.05) is 6.92 Å². The van der Waals surface area contributed by atoms with Crippen LogP contribution in [0.2, 0.25) is 0 Å². The lowest BCUT2D eigenvalue weighted by atomic mass is 9.93. The standard InChI is InChI=1S/C16H30N4/c1-5-19-8-9-20(11-14(19)3)13(2)10-16(4,12-17)18-15-6-7-15/h13-15,18H,5-11H2,1-4H3. The van der Waals surface area contributed by atoms with Crippen molar-refractivity contribution < 1.29 is 0 Å². The summed E-state index contributed by atoms with van der Waals surface area (Å²) in [6.45, 7) is 13.4. The van der Waals surface area contributed by atoms with Crippen LogP contribution in [0.5, 0.6) is 0 Å². The molecular weight excluding hydrogens is 248 g/mol. The van der Waals surface area contributed by atoms with Gasteiger partial charge in [0.15, 0.2) is 0 Å².